The molecule has 1 aliphatic rings. The van der Waals surface area contributed by atoms with Gasteiger partial charge in [0.25, 0.3) is 0 Å². The molecular weight excluding hydrogens is 483 g/mol. The molecule has 2 aromatic rings. The molecule has 0 aliphatic carbocycles. The van der Waals surface area contributed by atoms with Gasteiger partial charge in [0.1, 0.15) is 12.3 Å². The Labute approximate surface area is 188 Å². The van der Waals surface area contributed by atoms with Crippen LogP contribution in [0.15, 0.2) is 41.7 Å². The Kier molecular flexibility index (Phi) is 8.74. The number of nitrogens with zero attached hydrogens (tertiary/aromatic N) is 5. The maximum atomic E-state index is 12.6. The third-order valence-electron chi connectivity index (χ3n) is 4.65. The van der Waals surface area contributed by atoms with Crippen LogP contribution < -0.4 is 15.0 Å². The van der Waals surface area contributed by atoms with E-state index >= 15 is 0 Å². The van der Waals surface area contributed by atoms with Crippen LogP contribution >= 0.6 is 24.0 Å². The Balaban J connectivity index is 0.00000300. The molecule has 0 saturated carbocycles. The molecule has 1 fully saturated rings. The molecule has 0 atom stereocenters. The summed E-state index contributed by atoms with van der Waals surface area (Å²) >= 11 is 0. The van der Waals surface area contributed by atoms with Gasteiger partial charge in [0.15, 0.2) is 5.96 Å². The monoisotopic (exact) mass is 512 g/mol. The predicted molar refractivity (Wildman–Crippen MR) is 125 cm³/mol. The largest absolute Gasteiger partial charge is 0.497 e. The molecule has 1 aromatic carbocycles. The van der Waals surface area contributed by atoms with E-state index in [1.165, 1.54) is 5.56 Å². The number of piperazine rings is 1. The molecule has 1 saturated heterocycles. The van der Waals surface area contributed by atoms with E-state index in [0.717, 1.165) is 36.9 Å². The van der Waals surface area contributed by atoms with Crippen LogP contribution in [0.5, 0.6) is 5.75 Å². The Hall–Kier alpha value is -2.30. The average Bonchev–Trinajstić information content (AvgIpc) is 3.13. The molecule has 3 rings (SSSR count). The maximum absolute atomic E-state index is 12.6. The summed E-state index contributed by atoms with van der Waals surface area (Å²) in [5, 5.41) is 7.46. The molecule has 8 nitrogen and oxygen atoms in total. The van der Waals surface area contributed by atoms with Gasteiger partial charge in [-0.15, -0.1) is 24.0 Å². The standard InChI is InChI=1S/C20H28N6O2.HI/c1-4-21-20(22-9-8-16-6-5-7-18(12-16)28-3)25-10-11-26(19(27)15-25)17-13-23-24(2)14-17;/h5-7,12-14H,4,8-11,15H2,1-3H3,(H,21,22);1H. The van der Waals surface area contributed by atoms with Gasteiger partial charge in [-0.05, 0) is 31.0 Å². The number of methoxy groups -OCH3 is 1. The fourth-order valence-corrected chi connectivity index (χ4v) is 3.22. The Morgan fingerprint density at radius 2 is 2.17 bits per heavy atom. The molecule has 0 unspecified atom stereocenters. The second-order valence-electron chi connectivity index (χ2n) is 6.68. The number of benzene rings is 1. The van der Waals surface area contributed by atoms with Crippen molar-refractivity contribution in [1.29, 1.82) is 0 Å². The third-order valence-corrected chi connectivity index (χ3v) is 4.65. The van der Waals surface area contributed by atoms with E-state index < -0.39 is 0 Å². The van der Waals surface area contributed by atoms with Crippen LogP contribution in [0.2, 0.25) is 0 Å². The Morgan fingerprint density at radius 3 is 2.83 bits per heavy atom. The zero-order chi connectivity index (χ0) is 19.9. The summed E-state index contributed by atoms with van der Waals surface area (Å²) in [6, 6.07) is 8.02. The van der Waals surface area contributed by atoms with Gasteiger partial charge in [0.2, 0.25) is 5.91 Å². The van der Waals surface area contributed by atoms with Crippen molar-refractivity contribution in [1.82, 2.24) is 20.0 Å². The van der Waals surface area contributed by atoms with Gasteiger partial charge in [-0.1, -0.05) is 12.1 Å². The van der Waals surface area contributed by atoms with Gasteiger partial charge in [0, 0.05) is 39.4 Å². The van der Waals surface area contributed by atoms with E-state index in [4.69, 9.17) is 9.73 Å². The molecular formula is C20H29IN6O2. The fourth-order valence-electron chi connectivity index (χ4n) is 3.22. The molecule has 2 heterocycles. The van der Waals surface area contributed by atoms with Gasteiger partial charge >= 0.3 is 0 Å². The first-order valence-electron chi connectivity index (χ1n) is 9.56. The lowest BCUT2D eigenvalue weighted by Crippen LogP contribution is -2.55. The number of ether oxygens (including phenoxy) is 1. The van der Waals surface area contributed by atoms with E-state index in [9.17, 15) is 4.79 Å². The molecule has 158 valence electrons. The lowest BCUT2D eigenvalue weighted by atomic mass is 10.1. The van der Waals surface area contributed by atoms with Crippen LogP contribution in [0, 0.1) is 0 Å². The summed E-state index contributed by atoms with van der Waals surface area (Å²) < 4.78 is 6.98. The third kappa shape index (κ3) is 6.09. The highest BCUT2D eigenvalue weighted by molar-refractivity contribution is 14.0. The van der Waals surface area contributed by atoms with Crippen LogP contribution in [0.1, 0.15) is 12.5 Å². The van der Waals surface area contributed by atoms with Gasteiger partial charge in [0.05, 0.1) is 19.0 Å². The van der Waals surface area contributed by atoms with Crippen LogP contribution in [0.3, 0.4) is 0 Å². The Bertz CT molecular complexity index is 838. The summed E-state index contributed by atoms with van der Waals surface area (Å²) in [6.07, 6.45) is 4.40. The number of hydrogen-bond donors (Lipinski definition) is 1. The first-order chi connectivity index (χ1) is 13.6. The zero-order valence-electron chi connectivity index (χ0n) is 17.2. The second kappa shape index (κ2) is 11.0. The van der Waals surface area contributed by atoms with Gasteiger partial charge in [-0.3, -0.25) is 14.5 Å². The number of hydrogen-bond acceptors (Lipinski definition) is 4. The molecule has 1 aromatic heterocycles. The molecule has 1 amide bonds. The summed E-state index contributed by atoms with van der Waals surface area (Å²) in [7, 11) is 3.52. The number of rotatable bonds is 6. The smallest absolute Gasteiger partial charge is 0.246 e. The zero-order valence-corrected chi connectivity index (χ0v) is 19.5. The molecule has 0 radical (unpaired) electrons. The highest BCUT2D eigenvalue weighted by atomic mass is 127. The SMILES string of the molecule is CCNC(=NCCc1cccc(OC)c1)N1CCN(c2cnn(C)c2)C(=O)C1.I. The number of nitrogens with one attached hydrogen (secondary N) is 1. The summed E-state index contributed by atoms with van der Waals surface area (Å²) in [5.74, 6) is 1.69. The minimum Gasteiger partial charge on any atom is -0.497 e. The predicted octanol–water partition coefficient (Wildman–Crippen LogP) is 1.90. The number of amides is 1. The number of aryl methyl sites for hydroxylation is 1. The summed E-state index contributed by atoms with van der Waals surface area (Å²) in [4.78, 5) is 21.2. The minimum absolute atomic E-state index is 0. The minimum atomic E-state index is 0. The van der Waals surface area contributed by atoms with Crippen molar-refractivity contribution in [2.24, 2.45) is 12.0 Å². The number of anilines is 1. The van der Waals surface area contributed by atoms with Crippen LogP contribution in [-0.4, -0.2) is 66.4 Å². The quantitative estimate of drug-likeness (QED) is 0.364. The van der Waals surface area contributed by atoms with Crippen molar-refractivity contribution in [3.8, 4) is 5.75 Å². The van der Waals surface area contributed by atoms with Crippen molar-refractivity contribution >= 4 is 41.5 Å². The highest BCUT2D eigenvalue weighted by Gasteiger charge is 2.27. The van der Waals surface area contributed by atoms with E-state index in [-0.39, 0.29) is 29.9 Å². The Morgan fingerprint density at radius 1 is 1.34 bits per heavy atom. The first kappa shape index (κ1) is 23.0. The molecule has 0 bridgehead atoms. The van der Waals surface area contributed by atoms with E-state index in [1.807, 2.05) is 43.3 Å². The summed E-state index contributed by atoms with van der Waals surface area (Å²) in [6.45, 7) is 5.09. The van der Waals surface area contributed by atoms with Crippen molar-refractivity contribution in [3.05, 3.63) is 42.2 Å². The summed E-state index contributed by atoms with van der Waals surface area (Å²) in [5.41, 5.74) is 2.02. The van der Waals surface area contributed by atoms with Crippen LogP contribution in [0.25, 0.3) is 0 Å². The number of aromatic nitrogens is 2. The normalized spacial score (nSPS) is 14.6. The van der Waals surface area contributed by atoms with Gasteiger partial charge in [-0.2, -0.15) is 5.10 Å². The lowest BCUT2D eigenvalue weighted by molar-refractivity contribution is -0.120. The molecule has 29 heavy (non-hydrogen) atoms. The van der Waals surface area contributed by atoms with E-state index in [0.29, 0.717) is 19.6 Å². The van der Waals surface area contributed by atoms with Crippen molar-refractivity contribution < 1.29 is 9.53 Å². The van der Waals surface area contributed by atoms with Crippen molar-refractivity contribution in [2.45, 2.75) is 13.3 Å². The number of aliphatic imine (C=N–C) groups is 1. The van der Waals surface area contributed by atoms with Crippen LogP contribution in [0.4, 0.5) is 5.69 Å². The first-order valence-corrected chi connectivity index (χ1v) is 9.56. The second-order valence-corrected chi connectivity index (χ2v) is 6.68. The number of guanidine groups is 1. The van der Waals surface area contributed by atoms with Crippen molar-refractivity contribution in [3.63, 3.8) is 0 Å². The molecule has 1 aliphatic heterocycles. The van der Waals surface area contributed by atoms with Gasteiger partial charge in [-0.25, -0.2) is 0 Å². The number of carbonyl (C=O) groups is 1. The molecule has 9 heteroatoms. The van der Waals surface area contributed by atoms with E-state index in [1.54, 1.807) is 22.9 Å². The fraction of sp³-hybridized carbons (Fsp3) is 0.450. The van der Waals surface area contributed by atoms with Gasteiger partial charge < -0.3 is 19.9 Å². The topological polar surface area (TPSA) is 75.0 Å². The average molecular weight is 512 g/mol. The van der Waals surface area contributed by atoms with Crippen LogP contribution in [-0.2, 0) is 18.3 Å². The maximum Gasteiger partial charge on any atom is 0.246 e. The highest BCUT2D eigenvalue weighted by Crippen LogP contribution is 2.16. The molecule has 1 N–H and O–H groups in total. The molecule has 0 spiro atoms. The lowest BCUT2D eigenvalue weighted by Gasteiger charge is -2.35. The number of halogens is 1. The number of carbonyl (C=O) groups excluding carboxylic acids is 1. The van der Waals surface area contributed by atoms with Crippen molar-refractivity contribution in [2.75, 3.05) is 44.7 Å². The van der Waals surface area contributed by atoms with E-state index in [2.05, 4.69) is 16.5 Å².